The van der Waals surface area contributed by atoms with E-state index in [0.717, 1.165) is 29.9 Å². The number of hydrogen-bond acceptors (Lipinski definition) is 0. The van der Waals surface area contributed by atoms with Crippen LogP contribution in [-0.2, 0) is 12.8 Å². The molecule has 0 spiro atoms. The molecule has 0 aliphatic rings. The largest absolute Gasteiger partial charge is 0.0651 e. The number of benzene rings is 2. The third kappa shape index (κ3) is 5.69. The Morgan fingerprint density at radius 2 is 1.22 bits per heavy atom. The maximum atomic E-state index is 3.11. The second-order valence-corrected chi connectivity index (χ2v) is 5.96. The predicted molar refractivity (Wildman–Crippen MR) is 99.2 cm³/mol. The minimum Gasteiger partial charge on any atom is -0.0651 e. The summed E-state index contributed by atoms with van der Waals surface area (Å²) in [5.74, 6) is 12.8. The van der Waals surface area contributed by atoms with E-state index in [1.165, 1.54) is 17.5 Å². The zero-order valence-electron chi connectivity index (χ0n) is 14.3. The van der Waals surface area contributed by atoms with Crippen LogP contribution >= 0.6 is 0 Å². The zero-order valence-corrected chi connectivity index (χ0v) is 14.3. The summed E-state index contributed by atoms with van der Waals surface area (Å²) in [6, 6.07) is 16.9. The van der Waals surface area contributed by atoms with Gasteiger partial charge in [-0.25, -0.2) is 0 Å². The minimum absolute atomic E-state index is 0.733. The molecule has 23 heavy (non-hydrogen) atoms. The number of aryl methyl sites for hydroxylation is 1. The molecule has 0 amide bonds. The summed E-state index contributed by atoms with van der Waals surface area (Å²) in [5.41, 5.74) is 4.75. The van der Waals surface area contributed by atoms with Crippen molar-refractivity contribution in [3.8, 4) is 23.7 Å². The Balaban J connectivity index is 1.98. The van der Waals surface area contributed by atoms with Crippen LogP contribution in [-0.4, -0.2) is 0 Å². The summed E-state index contributed by atoms with van der Waals surface area (Å²) < 4.78 is 0. The predicted octanol–water partition coefficient (Wildman–Crippen LogP) is 5.24. The van der Waals surface area contributed by atoms with E-state index in [1.807, 2.05) is 0 Å². The fourth-order valence-electron chi connectivity index (χ4n) is 2.30. The lowest BCUT2D eigenvalue weighted by molar-refractivity contribution is 0.560. The van der Waals surface area contributed by atoms with Crippen molar-refractivity contribution in [1.29, 1.82) is 0 Å². The molecule has 116 valence electrons. The first kappa shape index (κ1) is 16.9. The van der Waals surface area contributed by atoms with Crippen molar-refractivity contribution in [2.24, 2.45) is 5.92 Å². The van der Waals surface area contributed by atoms with Crippen LogP contribution in [0.4, 0.5) is 0 Å². The highest BCUT2D eigenvalue weighted by Crippen LogP contribution is 2.12. The molecule has 0 nitrogen and oxygen atoms in total. The van der Waals surface area contributed by atoms with Crippen LogP contribution in [0, 0.1) is 29.6 Å². The van der Waals surface area contributed by atoms with Crippen LogP contribution in [0.2, 0.25) is 0 Å². The monoisotopic (exact) mass is 300 g/mol. The molecular weight excluding hydrogens is 276 g/mol. The molecule has 0 fully saturated rings. The van der Waals surface area contributed by atoms with E-state index in [9.17, 15) is 0 Å². The van der Waals surface area contributed by atoms with Crippen molar-refractivity contribution in [3.05, 3.63) is 70.8 Å². The highest BCUT2D eigenvalue weighted by molar-refractivity contribution is 5.45. The first-order valence-corrected chi connectivity index (χ1v) is 8.41. The average molecular weight is 300 g/mol. The maximum absolute atomic E-state index is 3.11. The van der Waals surface area contributed by atoms with Crippen LogP contribution in [0.25, 0.3) is 0 Å². The molecule has 0 saturated heterocycles. The zero-order chi connectivity index (χ0) is 16.5. The number of rotatable bonds is 4. The van der Waals surface area contributed by atoms with E-state index in [4.69, 9.17) is 0 Å². The lowest BCUT2D eigenvalue weighted by Gasteiger charge is -2.07. The summed E-state index contributed by atoms with van der Waals surface area (Å²) in [7, 11) is 0. The van der Waals surface area contributed by atoms with Gasteiger partial charge in [0.1, 0.15) is 0 Å². The molecular formula is C23H24. The second-order valence-electron chi connectivity index (χ2n) is 5.96. The molecule has 2 aromatic rings. The molecule has 0 aliphatic carbocycles. The van der Waals surface area contributed by atoms with Crippen LogP contribution in [0.1, 0.15) is 49.4 Å². The van der Waals surface area contributed by atoms with E-state index in [-0.39, 0.29) is 0 Å². The fourth-order valence-corrected chi connectivity index (χ4v) is 2.30. The van der Waals surface area contributed by atoms with E-state index in [2.05, 4.69) is 93.0 Å². The summed E-state index contributed by atoms with van der Waals surface area (Å²) in [6.45, 7) is 6.68. The van der Waals surface area contributed by atoms with Gasteiger partial charge in [-0.3, -0.25) is 0 Å². The Kier molecular flexibility index (Phi) is 6.53. The third-order valence-electron chi connectivity index (χ3n) is 4.07. The van der Waals surface area contributed by atoms with Crippen molar-refractivity contribution in [2.45, 2.75) is 40.0 Å². The SMILES string of the molecule is CCc1ccc(C#CC#Cc2ccc(CC(C)CC)cc2)cc1. The van der Waals surface area contributed by atoms with Crippen LogP contribution in [0.5, 0.6) is 0 Å². The topological polar surface area (TPSA) is 0 Å². The standard InChI is InChI=1S/C23H24/c1-4-19(3)18-23-16-14-22(15-17-23)9-7-6-8-21-12-10-20(5-2)11-13-21/h10-17,19H,4-5,18H2,1-3H3. The highest BCUT2D eigenvalue weighted by Gasteiger charge is 2.00. The molecule has 0 bridgehead atoms. The van der Waals surface area contributed by atoms with Gasteiger partial charge in [0.15, 0.2) is 0 Å². The third-order valence-corrected chi connectivity index (χ3v) is 4.07. The van der Waals surface area contributed by atoms with E-state index < -0.39 is 0 Å². The summed E-state index contributed by atoms with van der Waals surface area (Å²) in [6.07, 6.45) is 3.41. The summed E-state index contributed by atoms with van der Waals surface area (Å²) in [4.78, 5) is 0. The van der Waals surface area contributed by atoms with Gasteiger partial charge in [0, 0.05) is 11.1 Å². The summed E-state index contributed by atoms with van der Waals surface area (Å²) >= 11 is 0. The van der Waals surface area contributed by atoms with Crippen LogP contribution in [0.3, 0.4) is 0 Å². The van der Waals surface area contributed by atoms with Crippen molar-refractivity contribution in [3.63, 3.8) is 0 Å². The molecule has 1 atom stereocenters. The smallest absolute Gasteiger partial charge is 0.0255 e. The Morgan fingerprint density at radius 3 is 1.65 bits per heavy atom. The Labute approximate surface area is 141 Å². The van der Waals surface area contributed by atoms with Crippen molar-refractivity contribution in [1.82, 2.24) is 0 Å². The minimum atomic E-state index is 0.733. The molecule has 0 heteroatoms. The van der Waals surface area contributed by atoms with Gasteiger partial charge in [-0.2, -0.15) is 0 Å². The first-order chi connectivity index (χ1) is 11.2. The van der Waals surface area contributed by atoms with Gasteiger partial charge in [-0.15, -0.1) is 0 Å². The molecule has 2 aromatic carbocycles. The Bertz CT molecular complexity index is 725. The molecule has 0 heterocycles. The average Bonchev–Trinajstić information content (AvgIpc) is 2.60. The van der Waals surface area contributed by atoms with Gasteiger partial charge in [0.25, 0.3) is 0 Å². The quantitative estimate of drug-likeness (QED) is 0.677. The van der Waals surface area contributed by atoms with Gasteiger partial charge in [0.05, 0.1) is 0 Å². The number of hydrogen-bond donors (Lipinski definition) is 0. The summed E-state index contributed by atoms with van der Waals surface area (Å²) in [5, 5.41) is 0. The van der Waals surface area contributed by atoms with Gasteiger partial charge in [0.2, 0.25) is 0 Å². The second kappa shape index (κ2) is 8.87. The first-order valence-electron chi connectivity index (χ1n) is 8.41. The van der Waals surface area contributed by atoms with Crippen LogP contribution in [0.15, 0.2) is 48.5 Å². The molecule has 0 aromatic heterocycles. The molecule has 0 aliphatic heterocycles. The molecule has 0 N–H and O–H groups in total. The van der Waals surface area contributed by atoms with Gasteiger partial charge < -0.3 is 0 Å². The Morgan fingerprint density at radius 1 is 0.739 bits per heavy atom. The van der Waals surface area contributed by atoms with E-state index in [1.54, 1.807) is 0 Å². The highest BCUT2D eigenvalue weighted by atomic mass is 14.1. The Hall–Kier alpha value is -2.44. The fraction of sp³-hybridized carbons (Fsp3) is 0.304. The maximum Gasteiger partial charge on any atom is 0.0255 e. The lowest BCUT2D eigenvalue weighted by Crippen LogP contribution is -1.97. The van der Waals surface area contributed by atoms with E-state index >= 15 is 0 Å². The molecule has 0 radical (unpaired) electrons. The molecule has 1 unspecified atom stereocenters. The normalized spacial score (nSPS) is 10.9. The van der Waals surface area contributed by atoms with Gasteiger partial charge >= 0.3 is 0 Å². The van der Waals surface area contributed by atoms with Crippen LogP contribution < -0.4 is 0 Å². The van der Waals surface area contributed by atoms with Gasteiger partial charge in [-0.05, 0) is 66.0 Å². The van der Waals surface area contributed by atoms with Crippen molar-refractivity contribution < 1.29 is 0 Å². The van der Waals surface area contributed by atoms with Crippen molar-refractivity contribution >= 4 is 0 Å². The van der Waals surface area contributed by atoms with Gasteiger partial charge in [-0.1, -0.05) is 63.3 Å². The lowest BCUT2D eigenvalue weighted by atomic mass is 9.98. The molecule has 2 rings (SSSR count). The van der Waals surface area contributed by atoms with Crippen molar-refractivity contribution in [2.75, 3.05) is 0 Å². The molecule has 0 saturated carbocycles. The van der Waals surface area contributed by atoms with E-state index in [0.29, 0.717) is 0 Å².